The minimum atomic E-state index is -0.664. The van der Waals surface area contributed by atoms with E-state index in [0.717, 1.165) is 32.4 Å². The molecule has 16 heavy (non-hydrogen) atoms. The van der Waals surface area contributed by atoms with Crippen LogP contribution in [-0.4, -0.2) is 41.2 Å². The zero-order valence-corrected chi connectivity index (χ0v) is 10.4. The van der Waals surface area contributed by atoms with Crippen LogP contribution in [0.3, 0.4) is 0 Å². The molecule has 2 rings (SSSR count). The molecule has 0 amide bonds. The fraction of sp³-hybridized carbons (Fsp3) is 0.917. The number of aliphatic hydroxyl groups is 1. The van der Waals surface area contributed by atoms with Gasteiger partial charge >= 0.3 is 0 Å². The summed E-state index contributed by atoms with van der Waals surface area (Å²) in [5.41, 5.74) is 5.17. The van der Waals surface area contributed by atoms with Crippen molar-refractivity contribution in [2.24, 2.45) is 16.1 Å². The number of guanidine groups is 1. The van der Waals surface area contributed by atoms with Gasteiger partial charge in [-0.15, -0.1) is 0 Å². The van der Waals surface area contributed by atoms with Crippen molar-refractivity contribution < 1.29 is 5.11 Å². The van der Waals surface area contributed by atoms with Gasteiger partial charge in [0.25, 0.3) is 0 Å². The zero-order chi connectivity index (χ0) is 11.8. The predicted octanol–water partition coefficient (Wildman–Crippen LogP) is 0.948. The molecular formula is C12H23N3O. The smallest absolute Gasteiger partial charge is 0.191 e. The van der Waals surface area contributed by atoms with Gasteiger partial charge in [-0.05, 0) is 31.1 Å². The molecule has 0 bridgehead atoms. The van der Waals surface area contributed by atoms with Crippen molar-refractivity contribution in [3.05, 3.63) is 0 Å². The van der Waals surface area contributed by atoms with Crippen LogP contribution in [0.1, 0.15) is 39.5 Å². The molecule has 1 aliphatic heterocycles. The summed E-state index contributed by atoms with van der Waals surface area (Å²) >= 11 is 0. The lowest BCUT2D eigenvalue weighted by atomic mass is 9.78. The average Bonchev–Trinajstić information content (AvgIpc) is 2.36. The lowest BCUT2D eigenvalue weighted by Gasteiger charge is -2.37. The molecule has 0 aromatic carbocycles. The molecule has 0 radical (unpaired) electrons. The number of aliphatic imine (C=N–C) groups is 1. The van der Waals surface area contributed by atoms with Crippen LogP contribution in [-0.2, 0) is 0 Å². The van der Waals surface area contributed by atoms with Crippen LogP contribution in [0.2, 0.25) is 0 Å². The molecule has 3 N–H and O–H groups in total. The molecule has 1 heterocycles. The maximum Gasteiger partial charge on any atom is 0.191 e. The Hall–Kier alpha value is -0.770. The fourth-order valence-electron chi connectivity index (χ4n) is 2.54. The highest BCUT2D eigenvalue weighted by Crippen LogP contribution is 2.45. The molecule has 1 unspecified atom stereocenters. The van der Waals surface area contributed by atoms with E-state index < -0.39 is 5.60 Å². The molecule has 92 valence electrons. The van der Waals surface area contributed by atoms with E-state index in [4.69, 9.17) is 5.73 Å². The van der Waals surface area contributed by atoms with Crippen LogP contribution >= 0.6 is 0 Å². The van der Waals surface area contributed by atoms with Crippen molar-refractivity contribution in [3.8, 4) is 0 Å². The van der Waals surface area contributed by atoms with Crippen molar-refractivity contribution in [1.29, 1.82) is 0 Å². The van der Waals surface area contributed by atoms with Crippen molar-refractivity contribution in [3.63, 3.8) is 0 Å². The van der Waals surface area contributed by atoms with Gasteiger partial charge in [0.15, 0.2) is 5.96 Å². The molecule has 1 aliphatic carbocycles. The Morgan fingerprint density at radius 3 is 2.44 bits per heavy atom. The molecule has 2 fully saturated rings. The number of hydrogen-bond donors (Lipinski definition) is 2. The molecule has 4 heteroatoms. The van der Waals surface area contributed by atoms with Gasteiger partial charge in [-0.1, -0.05) is 13.8 Å². The van der Waals surface area contributed by atoms with Gasteiger partial charge in [0.2, 0.25) is 0 Å². The topological polar surface area (TPSA) is 61.9 Å². The molecule has 0 aromatic rings. The number of likely N-dealkylation sites (tertiary alicyclic amines) is 1. The van der Waals surface area contributed by atoms with Crippen molar-refractivity contribution in [2.75, 3.05) is 19.6 Å². The second-order valence-corrected chi connectivity index (χ2v) is 5.78. The minimum Gasteiger partial charge on any atom is -0.387 e. The predicted molar refractivity (Wildman–Crippen MR) is 65.3 cm³/mol. The van der Waals surface area contributed by atoms with E-state index in [0.29, 0.717) is 12.5 Å². The van der Waals surface area contributed by atoms with Gasteiger partial charge in [-0.2, -0.15) is 0 Å². The Morgan fingerprint density at radius 1 is 1.31 bits per heavy atom. The first-order valence-corrected chi connectivity index (χ1v) is 6.22. The maximum absolute atomic E-state index is 10.6. The number of rotatable bonds is 2. The number of hydrogen-bond acceptors (Lipinski definition) is 2. The summed E-state index contributed by atoms with van der Waals surface area (Å²) in [7, 11) is 0. The van der Waals surface area contributed by atoms with E-state index in [1.165, 1.54) is 6.42 Å². The largest absolute Gasteiger partial charge is 0.387 e. The van der Waals surface area contributed by atoms with Crippen molar-refractivity contribution in [2.45, 2.75) is 45.1 Å². The standard InChI is InChI=1S/C12H23N3O/c1-11(2)5-3-6-12(11,16)9-14-10(13)15-7-4-8-15/h16H,3-9H2,1-2H3,(H2,13,14). The lowest BCUT2D eigenvalue weighted by Crippen LogP contribution is -2.48. The van der Waals surface area contributed by atoms with Gasteiger partial charge in [0.05, 0.1) is 12.1 Å². The molecule has 0 aromatic heterocycles. The third kappa shape index (κ3) is 1.90. The second kappa shape index (κ2) is 3.91. The number of nitrogens with two attached hydrogens (primary N) is 1. The van der Waals surface area contributed by atoms with E-state index in [1.54, 1.807) is 0 Å². The van der Waals surface area contributed by atoms with Crippen LogP contribution in [0.15, 0.2) is 4.99 Å². The van der Waals surface area contributed by atoms with Crippen LogP contribution in [0.4, 0.5) is 0 Å². The van der Waals surface area contributed by atoms with E-state index >= 15 is 0 Å². The van der Waals surface area contributed by atoms with Gasteiger partial charge < -0.3 is 15.7 Å². The Labute approximate surface area is 97.5 Å². The summed E-state index contributed by atoms with van der Waals surface area (Å²) in [4.78, 5) is 6.43. The first-order valence-electron chi connectivity index (χ1n) is 6.22. The molecule has 1 atom stereocenters. The summed E-state index contributed by atoms with van der Waals surface area (Å²) in [6.45, 7) is 6.71. The Kier molecular flexibility index (Phi) is 2.86. The molecule has 2 aliphatic rings. The third-order valence-corrected chi connectivity index (χ3v) is 4.33. The van der Waals surface area contributed by atoms with Crippen LogP contribution < -0.4 is 5.73 Å². The Balaban J connectivity index is 1.98. The van der Waals surface area contributed by atoms with Gasteiger partial charge in [-0.3, -0.25) is 4.99 Å². The van der Waals surface area contributed by atoms with E-state index in [9.17, 15) is 5.11 Å². The van der Waals surface area contributed by atoms with Crippen LogP contribution in [0, 0.1) is 5.41 Å². The quantitative estimate of drug-likeness (QED) is 0.543. The van der Waals surface area contributed by atoms with Crippen molar-refractivity contribution >= 4 is 5.96 Å². The molecule has 4 nitrogen and oxygen atoms in total. The Bertz CT molecular complexity index is 297. The Morgan fingerprint density at radius 2 is 2.00 bits per heavy atom. The highest BCUT2D eigenvalue weighted by Gasteiger charge is 2.47. The third-order valence-electron chi connectivity index (χ3n) is 4.33. The number of nitrogens with zero attached hydrogens (tertiary/aromatic N) is 2. The lowest BCUT2D eigenvalue weighted by molar-refractivity contribution is -0.0337. The zero-order valence-electron chi connectivity index (χ0n) is 10.4. The summed E-state index contributed by atoms with van der Waals surface area (Å²) in [6, 6.07) is 0. The molecule has 0 spiro atoms. The summed E-state index contributed by atoms with van der Waals surface area (Å²) < 4.78 is 0. The van der Waals surface area contributed by atoms with E-state index in [2.05, 4.69) is 23.7 Å². The SMILES string of the molecule is CC1(C)CCCC1(O)CN=C(N)N1CCC1. The second-order valence-electron chi connectivity index (χ2n) is 5.78. The monoisotopic (exact) mass is 225 g/mol. The average molecular weight is 225 g/mol. The normalized spacial score (nSPS) is 33.9. The van der Waals surface area contributed by atoms with Crippen molar-refractivity contribution in [1.82, 2.24) is 4.90 Å². The van der Waals surface area contributed by atoms with E-state index in [-0.39, 0.29) is 5.41 Å². The first-order chi connectivity index (χ1) is 7.45. The fourth-order valence-corrected chi connectivity index (χ4v) is 2.54. The molecular weight excluding hydrogens is 202 g/mol. The van der Waals surface area contributed by atoms with Crippen LogP contribution in [0.5, 0.6) is 0 Å². The van der Waals surface area contributed by atoms with Crippen LogP contribution in [0.25, 0.3) is 0 Å². The van der Waals surface area contributed by atoms with Gasteiger partial charge in [0.1, 0.15) is 0 Å². The van der Waals surface area contributed by atoms with Gasteiger partial charge in [0, 0.05) is 13.1 Å². The van der Waals surface area contributed by atoms with Gasteiger partial charge in [-0.25, -0.2) is 0 Å². The summed E-state index contributed by atoms with van der Waals surface area (Å²) in [5.74, 6) is 0.599. The summed E-state index contributed by atoms with van der Waals surface area (Å²) in [6.07, 6.45) is 4.20. The minimum absolute atomic E-state index is 0.0360. The molecule has 1 saturated heterocycles. The summed E-state index contributed by atoms with van der Waals surface area (Å²) in [5, 5.41) is 10.6. The highest BCUT2D eigenvalue weighted by atomic mass is 16.3. The highest BCUT2D eigenvalue weighted by molar-refractivity contribution is 5.78. The maximum atomic E-state index is 10.6. The first kappa shape index (κ1) is 11.7. The van der Waals surface area contributed by atoms with E-state index in [1.807, 2.05) is 0 Å². The molecule has 1 saturated carbocycles.